The standard InChI is InChI=1S/C17H17NO6/c19-16(20)9-23-6-5-18-11-2-4-13-12-3-1-10(17(21)22)7-14(12)24-15(13)8-11/h1-4,7-8,16,18-20H,5-6,9H2,(H,21,22). The van der Waals surface area contributed by atoms with E-state index in [0.29, 0.717) is 24.3 Å². The second-order valence-corrected chi connectivity index (χ2v) is 5.31. The van der Waals surface area contributed by atoms with E-state index < -0.39 is 12.3 Å². The van der Waals surface area contributed by atoms with Crippen LogP contribution in [0.2, 0.25) is 0 Å². The quantitative estimate of drug-likeness (QED) is 0.387. The fourth-order valence-electron chi connectivity index (χ4n) is 2.48. The van der Waals surface area contributed by atoms with Crippen molar-refractivity contribution in [3.05, 3.63) is 42.0 Å². The molecule has 126 valence electrons. The fraction of sp³-hybridized carbons (Fsp3) is 0.235. The highest BCUT2D eigenvalue weighted by Crippen LogP contribution is 2.31. The number of aromatic carboxylic acids is 1. The average Bonchev–Trinajstić information content (AvgIpc) is 2.90. The van der Waals surface area contributed by atoms with Crippen LogP contribution in [0.1, 0.15) is 10.4 Å². The number of nitrogens with one attached hydrogen (secondary N) is 1. The van der Waals surface area contributed by atoms with Crippen LogP contribution >= 0.6 is 0 Å². The van der Waals surface area contributed by atoms with E-state index in [1.165, 1.54) is 6.07 Å². The first-order chi connectivity index (χ1) is 11.5. The molecule has 0 fully saturated rings. The van der Waals surface area contributed by atoms with Crippen LogP contribution < -0.4 is 5.32 Å². The summed E-state index contributed by atoms with van der Waals surface area (Å²) in [5, 5.41) is 31.3. The van der Waals surface area contributed by atoms with Crippen LogP contribution in [0, 0.1) is 0 Å². The van der Waals surface area contributed by atoms with Gasteiger partial charge in [0.2, 0.25) is 0 Å². The Labute approximate surface area is 137 Å². The zero-order valence-electron chi connectivity index (χ0n) is 12.7. The SMILES string of the molecule is O=C(O)c1ccc2c(c1)oc1cc(NCCOCC(O)O)ccc12. The molecule has 4 N–H and O–H groups in total. The number of carboxylic acid groups (broad SMARTS) is 1. The molecule has 0 unspecified atom stereocenters. The summed E-state index contributed by atoms with van der Waals surface area (Å²) in [6, 6.07) is 10.4. The van der Waals surface area contributed by atoms with E-state index in [0.717, 1.165) is 16.5 Å². The van der Waals surface area contributed by atoms with Crippen molar-refractivity contribution in [2.75, 3.05) is 25.1 Å². The Morgan fingerprint density at radius 1 is 1.12 bits per heavy atom. The molecule has 1 aromatic heterocycles. The molecule has 0 radical (unpaired) electrons. The number of rotatable bonds is 7. The normalized spacial score (nSPS) is 11.5. The third-order valence-electron chi connectivity index (χ3n) is 3.56. The fourth-order valence-corrected chi connectivity index (χ4v) is 2.48. The molecule has 3 aromatic rings. The van der Waals surface area contributed by atoms with Gasteiger partial charge in [0.15, 0.2) is 6.29 Å². The van der Waals surface area contributed by atoms with Crippen LogP contribution in [0.15, 0.2) is 40.8 Å². The van der Waals surface area contributed by atoms with E-state index in [2.05, 4.69) is 5.32 Å². The first kappa shape index (κ1) is 16.3. The molecule has 24 heavy (non-hydrogen) atoms. The summed E-state index contributed by atoms with van der Waals surface area (Å²) >= 11 is 0. The molecule has 0 atom stereocenters. The largest absolute Gasteiger partial charge is 0.478 e. The van der Waals surface area contributed by atoms with Crippen molar-refractivity contribution in [1.29, 1.82) is 0 Å². The van der Waals surface area contributed by atoms with Gasteiger partial charge < -0.3 is 29.8 Å². The number of benzene rings is 2. The number of hydrogen-bond acceptors (Lipinski definition) is 6. The zero-order chi connectivity index (χ0) is 17.1. The van der Waals surface area contributed by atoms with Crippen LogP contribution in [0.4, 0.5) is 5.69 Å². The maximum atomic E-state index is 11.0. The number of furan rings is 1. The van der Waals surface area contributed by atoms with Gasteiger partial charge in [-0.3, -0.25) is 0 Å². The summed E-state index contributed by atoms with van der Waals surface area (Å²) in [4.78, 5) is 11.0. The molecule has 0 saturated carbocycles. The van der Waals surface area contributed by atoms with Crippen LogP contribution in [-0.4, -0.2) is 47.3 Å². The van der Waals surface area contributed by atoms with Gasteiger partial charge in [-0.2, -0.15) is 0 Å². The predicted molar refractivity (Wildman–Crippen MR) is 88.2 cm³/mol. The van der Waals surface area contributed by atoms with Gasteiger partial charge in [0, 0.05) is 29.1 Å². The lowest BCUT2D eigenvalue weighted by atomic mass is 10.1. The van der Waals surface area contributed by atoms with Gasteiger partial charge >= 0.3 is 5.97 Å². The number of hydrogen-bond donors (Lipinski definition) is 4. The lowest BCUT2D eigenvalue weighted by Gasteiger charge is -2.08. The number of aliphatic hydroxyl groups is 2. The van der Waals surface area contributed by atoms with Gasteiger partial charge in [-0.25, -0.2) is 4.79 Å². The van der Waals surface area contributed by atoms with Crippen LogP contribution in [0.3, 0.4) is 0 Å². The lowest BCUT2D eigenvalue weighted by molar-refractivity contribution is -0.0931. The first-order valence-corrected chi connectivity index (χ1v) is 7.42. The number of aliphatic hydroxyl groups excluding tert-OH is 1. The summed E-state index contributed by atoms with van der Waals surface area (Å²) in [6.07, 6.45) is -1.47. The van der Waals surface area contributed by atoms with Gasteiger partial charge in [0.1, 0.15) is 11.2 Å². The molecular weight excluding hydrogens is 314 g/mol. The maximum Gasteiger partial charge on any atom is 0.335 e. The number of fused-ring (bicyclic) bond motifs is 3. The van der Waals surface area contributed by atoms with Gasteiger partial charge in [0.25, 0.3) is 0 Å². The van der Waals surface area contributed by atoms with Crippen molar-refractivity contribution >= 4 is 33.6 Å². The van der Waals surface area contributed by atoms with Gasteiger partial charge in [-0.15, -0.1) is 0 Å². The molecule has 0 aliphatic heterocycles. The van der Waals surface area contributed by atoms with Crippen molar-refractivity contribution in [3.63, 3.8) is 0 Å². The highest BCUT2D eigenvalue weighted by molar-refractivity contribution is 6.07. The Bertz CT molecular complexity index is 870. The Hall–Kier alpha value is -2.61. The van der Waals surface area contributed by atoms with Crippen LogP contribution in [0.25, 0.3) is 21.9 Å². The van der Waals surface area contributed by atoms with Crippen molar-refractivity contribution in [3.8, 4) is 0 Å². The molecule has 3 rings (SSSR count). The highest BCUT2D eigenvalue weighted by Gasteiger charge is 2.10. The minimum Gasteiger partial charge on any atom is -0.478 e. The van der Waals surface area contributed by atoms with E-state index in [1.807, 2.05) is 18.2 Å². The Balaban J connectivity index is 1.75. The number of anilines is 1. The summed E-state index contributed by atoms with van der Waals surface area (Å²) in [6.45, 7) is 0.704. The molecule has 0 aliphatic rings. The van der Waals surface area contributed by atoms with Gasteiger partial charge in [-0.05, 0) is 30.3 Å². The molecule has 2 aromatic carbocycles. The monoisotopic (exact) mass is 331 g/mol. The Morgan fingerprint density at radius 2 is 1.83 bits per heavy atom. The van der Waals surface area contributed by atoms with E-state index >= 15 is 0 Å². The highest BCUT2D eigenvalue weighted by atomic mass is 16.5. The van der Waals surface area contributed by atoms with Crippen molar-refractivity contribution < 1.29 is 29.3 Å². The van der Waals surface area contributed by atoms with Crippen molar-refractivity contribution in [1.82, 2.24) is 0 Å². The zero-order valence-corrected chi connectivity index (χ0v) is 12.7. The lowest BCUT2D eigenvalue weighted by Crippen LogP contribution is -2.17. The number of carboxylic acids is 1. The topological polar surface area (TPSA) is 112 Å². The second kappa shape index (κ2) is 6.88. The molecule has 0 spiro atoms. The molecular formula is C17H17NO6. The molecule has 0 aliphatic carbocycles. The summed E-state index contributed by atoms with van der Waals surface area (Å²) < 4.78 is 10.8. The molecule has 7 nitrogen and oxygen atoms in total. The second-order valence-electron chi connectivity index (χ2n) is 5.31. The smallest absolute Gasteiger partial charge is 0.335 e. The molecule has 0 amide bonds. The van der Waals surface area contributed by atoms with Gasteiger partial charge in [0.05, 0.1) is 18.8 Å². The van der Waals surface area contributed by atoms with E-state index in [4.69, 9.17) is 24.5 Å². The molecule has 0 saturated heterocycles. The molecule has 1 heterocycles. The maximum absolute atomic E-state index is 11.0. The van der Waals surface area contributed by atoms with Crippen LogP contribution in [-0.2, 0) is 4.74 Å². The number of ether oxygens (including phenoxy) is 1. The van der Waals surface area contributed by atoms with Gasteiger partial charge in [-0.1, -0.05) is 0 Å². The number of carbonyl (C=O) groups is 1. The molecule has 7 heteroatoms. The third kappa shape index (κ3) is 3.48. The molecule has 0 bridgehead atoms. The van der Waals surface area contributed by atoms with Crippen molar-refractivity contribution in [2.45, 2.75) is 6.29 Å². The summed E-state index contributed by atoms with van der Waals surface area (Å²) in [5.41, 5.74) is 2.20. The summed E-state index contributed by atoms with van der Waals surface area (Å²) in [5.74, 6) is -0.993. The minimum atomic E-state index is -1.47. The Kier molecular flexibility index (Phi) is 4.66. The van der Waals surface area contributed by atoms with E-state index in [-0.39, 0.29) is 12.2 Å². The first-order valence-electron chi connectivity index (χ1n) is 7.42. The minimum absolute atomic E-state index is 0.129. The van der Waals surface area contributed by atoms with Crippen LogP contribution in [0.5, 0.6) is 0 Å². The van der Waals surface area contributed by atoms with E-state index in [9.17, 15) is 4.79 Å². The van der Waals surface area contributed by atoms with Crippen molar-refractivity contribution in [2.24, 2.45) is 0 Å². The Morgan fingerprint density at radius 3 is 2.54 bits per heavy atom. The average molecular weight is 331 g/mol. The third-order valence-corrected chi connectivity index (χ3v) is 3.56. The predicted octanol–water partition coefficient (Wildman–Crippen LogP) is 2.02. The van der Waals surface area contributed by atoms with E-state index in [1.54, 1.807) is 12.1 Å². The summed E-state index contributed by atoms with van der Waals surface area (Å²) in [7, 11) is 0.